The molecule has 0 aliphatic carbocycles. The number of nitrogens with zero attached hydrogens (tertiary/aromatic N) is 5. The first-order valence-electron chi connectivity index (χ1n) is 12.5. The second-order valence-electron chi connectivity index (χ2n) is 9.74. The SMILES string of the molecule is COc1nc(N2CCN(C(=O)C(C)F)C(C)C2)c2cc(C(F)(F)F)c(-c3ccc(F)c4sc(N)c(C#N)c34)c(F)c2n1. The third-order valence-corrected chi connectivity index (χ3v) is 8.16. The number of alkyl halides is 4. The van der Waals surface area contributed by atoms with Crippen molar-refractivity contribution in [1.29, 1.82) is 5.26 Å². The first-order chi connectivity index (χ1) is 19.8. The fraction of sp³-hybridized carbons (Fsp3) is 0.333. The quantitative estimate of drug-likeness (QED) is 0.298. The van der Waals surface area contributed by atoms with E-state index in [2.05, 4.69) is 9.97 Å². The van der Waals surface area contributed by atoms with Gasteiger partial charge in [0.05, 0.1) is 22.9 Å². The predicted molar refractivity (Wildman–Crippen MR) is 145 cm³/mol. The largest absolute Gasteiger partial charge is 0.467 e. The Morgan fingerprint density at radius 2 is 1.98 bits per heavy atom. The minimum Gasteiger partial charge on any atom is -0.467 e. The van der Waals surface area contributed by atoms with Crippen LogP contribution in [0.4, 0.5) is 37.2 Å². The molecule has 2 aromatic carbocycles. The summed E-state index contributed by atoms with van der Waals surface area (Å²) in [6.07, 6.45) is -6.84. The third kappa shape index (κ3) is 4.69. The Hall–Kier alpha value is -4.32. The number of hydrogen-bond donors (Lipinski definition) is 1. The van der Waals surface area contributed by atoms with E-state index in [4.69, 9.17) is 10.5 Å². The number of halogens is 6. The molecular weight excluding hydrogens is 586 g/mol. The van der Waals surface area contributed by atoms with E-state index in [1.54, 1.807) is 17.9 Å². The number of fused-ring (bicyclic) bond motifs is 2. The van der Waals surface area contributed by atoms with Crippen molar-refractivity contribution >= 4 is 49.1 Å². The number of nitrogens with two attached hydrogens (primary N) is 1. The molecule has 2 N–H and O–H groups in total. The van der Waals surface area contributed by atoms with Crippen LogP contribution < -0.4 is 15.4 Å². The summed E-state index contributed by atoms with van der Waals surface area (Å²) in [5.41, 5.74) is 2.33. The van der Waals surface area contributed by atoms with Crippen LogP contribution in [0.5, 0.6) is 6.01 Å². The van der Waals surface area contributed by atoms with E-state index >= 15 is 4.39 Å². The molecule has 2 unspecified atom stereocenters. The van der Waals surface area contributed by atoms with Crippen molar-refractivity contribution in [3.63, 3.8) is 0 Å². The molecule has 8 nitrogen and oxygen atoms in total. The highest BCUT2D eigenvalue weighted by Gasteiger charge is 2.39. The van der Waals surface area contributed by atoms with Crippen molar-refractivity contribution in [2.24, 2.45) is 0 Å². The van der Waals surface area contributed by atoms with Crippen molar-refractivity contribution in [2.45, 2.75) is 32.2 Å². The van der Waals surface area contributed by atoms with Gasteiger partial charge in [-0.1, -0.05) is 6.07 Å². The Morgan fingerprint density at radius 1 is 1.26 bits per heavy atom. The summed E-state index contributed by atoms with van der Waals surface area (Å²) in [6, 6.07) is 3.43. The van der Waals surface area contributed by atoms with Crippen LogP contribution in [0.1, 0.15) is 25.0 Å². The molecule has 2 aromatic heterocycles. The molecule has 5 rings (SSSR count). The van der Waals surface area contributed by atoms with Crippen molar-refractivity contribution in [1.82, 2.24) is 14.9 Å². The minimum atomic E-state index is -5.10. The van der Waals surface area contributed by atoms with E-state index in [1.807, 2.05) is 0 Å². The number of benzene rings is 2. The molecule has 2 atom stereocenters. The maximum absolute atomic E-state index is 16.5. The van der Waals surface area contributed by atoms with E-state index in [1.165, 1.54) is 12.0 Å². The van der Waals surface area contributed by atoms with Crippen LogP contribution in [0.15, 0.2) is 18.2 Å². The molecule has 4 aromatic rings. The summed E-state index contributed by atoms with van der Waals surface area (Å²) in [4.78, 5) is 23.4. The number of thiophene rings is 1. The van der Waals surface area contributed by atoms with Crippen LogP contribution in [0.2, 0.25) is 0 Å². The van der Waals surface area contributed by atoms with Crippen LogP contribution >= 0.6 is 11.3 Å². The Bertz CT molecular complexity index is 1780. The monoisotopic (exact) mass is 608 g/mol. The van der Waals surface area contributed by atoms with Gasteiger partial charge in [0.2, 0.25) is 0 Å². The fourth-order valence-corrected chi connectivity index (χ4v) is 6.17. The van der Waals surface area contributed by atoms with E-state index in [-0.39, 0.29) is 63.1 Å². The number of rotatable bonds is 4. The molecule has 0 bridgehead atoms. The smallest absolute Gasteiger partial charge is 0.417 e. The summed E-state index contributed by atoms with van der Waals surface area (Å²) in [7, 11) is 1.20. The van der Waals surface area contributed by atoms with Crippen molar-refractivity contribution in [3.8, 4) is 23.2 Å². The van der Waals surface area contributed by atoms with Crippen LogP contribution in [0.3, 0.4) is 0 Å². The van der Waals surface area contributed by atoms with Crippen LogP contribution in [0, 0.1) is 23.0 Å². The molecule has 220 valence electrons. The first-order valence-corrected chi connectivity index (χ1v) is 13.4. The number of carbonyl (C=O) groups is 1. The molecule has 1 saturated heterocycles. The molecule has 1 aliphatic heterocycles. The number of piperazine rings is 1. The van der Waals surface area contributed by atoms with Crippen LogP contribution in [0.25, 0.3) is 32.1 Å². The summed E-state index contributed by atoms with van der Waals surface area (Å²) in [6.45, 7) is 2.91. The Morgan fingerprint density at radius 3 is 2.57 bits per heavy atom. The summed E-state index contributed by atoms with van der Waals surface area (Å²) < 4.78 is 93.6. The second-order valence-corrected chi connectivity index (χ2v) is 10.8. The van der Waals surface area contributed by atoms with E-state index in [0.717, 1.165) is 19.1 Å². The van der Waals surface area contributed by atoms with Gasteiger partial charge in [0.25, 0.3) is 5.91 Å². The third-order valence-electron chi connectivity index (χ3n) is 7.13. The number of nitrogen functional groups attached to an aromatic ring is 1. The van der Waals surface area contributed by atoms with Gasteiger partial charge in [-0.05, 0) is 31.5 Å². The highest BCUT2D eigenvalue weighted by molar-refractivity contribution is 7.23. The van der Waals surface area contributed by atoms with Crippen molar-refractivity contribution in [3.05, 3.63) is 41.0 Å². The molecule has 15 heteroatoms. The zero-order valence-electron chi connectivity index (χ0n) is 22.3. The number of carbonyl (C=O) groups excluding carboxylic acids is 1. The topological polar surface area (TPSA) is 108 Å². The number of ether oxygens (including phenoxy) is 1. The molecular formula is C27H22F6N6O2S. The van der Waals surface area contributed by atoms with Gasteiger partial charge in [-0.2, -0.15) is 28.4 Å². The second kappa shape index (κ2) is 10.5. The number of aromatic nitrogens is 2. The molecule has 1 amide bonds. The van der Waals surface area contributed by atoms with Gasteiger partial charge >= 0.3 is 12.2 Å². The van der Waals surface area contributed by atoms with E-state index < -0.39 is 52.6 Å². The number of anilines is 2. The van der Waals surface area contributed by atoms with Gasteiger partial charge in [0.1, 0.15) is 28.2 Å². The maximum Gasteiger partial charge on any atom is 0.417 e. The average Bonchev–Trinajstić information content (AvgIpc) is 3.28. The van der Waals surface area contributed by atoms with E-state index in [0.29, 0.717) is 17.4 Å². The van der Waals surface area contributed by atoms with Crippen molar-refractivity contribution < 1.29 is 35.9 Å². The predicted octanol–water partition coefficient (Wildman–Crippen LogP) is 5.67. The van der Waals surface area contributed by atoms with Gasteiger partial charge in [-0.15, -0.1) is 11.3 Å². The highest BCUT2D eigenvalue weighted by Crippen LogP contribution is 2.48. The lowest BCUT2D eigenvalue weighted by molar-refractivity contribution is -0.138. The zero-order valence-corrected chi connectivity index (χ0v) is 23.1. The number of hydrogen-bond acceptors (Lipinski definition) is 8. The number of methoxy groups -OCH3 is 1. The zero-order chi connectivity index (χ0) is 30.7. The van der Waals surface area contributed by atoms with Crippen molar-refractivity contribution in [2.75, 3.05) is 37.4 Å². The molecule has 0 saturated carbocycles. The minimum absolute atomic E-state index is 0.0405. The standard InChI is InChI=1S/C27H22F6N6O2S/c1-11-10-38(6-7-39(11)25(40)12(2)28)24-14-8-16(27(31,32)33)19(20(30)21(14)36-26(37-24)41-3)13-4-5-17(29)22-18(13)15(9-34)23(35)42-22/h4-5,8,11-12H,6-7,10,35H2,1-3H3. The Kier molecular flexibility index (Phi) is 7.30. The lowest BCUT2D eigenvalue weighted by atomic mass is 9.92. The molecule has 0 spiro atoms. The Balaban J connectivity index is 1.78. The molecule has 42 heavy (non-hydrogen) atoms. The van der Waals surface area contributed by atoms with Gasteiger partial charge in [-0.3, -0.25) is 4.79 Å². The van der Waals surface area contributed by atoms with Gasteiger partial charge in [0, 0.05) is 42.0 Å². The highest BCUT2D eigenvalue weighted by atomic mass is 32.1. The van der Waals surface area contributed by atoms with E-state index in [9.17, 15) is 32.0 Å². The molecule has 1 aliphatic rings. The normalized spacial score (nSPS) is 16.6. The average molecular weight is 609 g/mol. The maximum atomic E-state index is 16.5. The lowest BCUT2D eigenvalue weighted by Crippen LogP contribution is -2.55. The molecule has 1 fully saturated rings. The summed E-state index contributed by atoms with van der Waals surface area (Å²) in [5, 5.41) is 8.97. The fourth-order valence-electron chi connectivity index (χ4n) is 5.22. The van der Waals surface area contributed by atoms with Crippen LogP contribution in [-0.2, 0) is 11.0 Å². The molecule has 0 radical (unpaired) electrons. The number of amides is 1. The summed E-state index contributed by atoms with van der Waals surface area (Å²) in [5.74, 6) is -3.03. The first kappa shape index (κ1) is 29.2. The van der Waals surface area contributed by atoms with Crippen LogP contribution in [-0.4, -0.2) is 59.7 Å². The summed E-state index contributed by atoms with van der Waals surface area (Å²) >= 11 is 0.666. The van der Waals surface area contributed by atoms with Gasteiger partial charge < -0.3 is 20.3 Å². The lowest BCUT2D eigenvalue weighted by Gasteiger charge is -2.41. The van der Waals surface area contributed by atoms with Gasteiger partial charge in [-0.25, -0.2) is 13.2 Å². The Labute approximate surface area is 238 Å². The molecule has 3 heterocycles. The van der Waals surface area contributed by atoms with Gasteiger partial charge in [0.15, 0.2) is 12.0 Å². The number of nitriles is 1.